The van der Waals surface area contributed by atoms with Crippen LogP contribution < -0.4 is 11.1 Å². The van der Waals surface area contributed by atoms with Gasteiger partial charge in [0.2, 0.25) is 0 Å². The monoisotopic (exact) mass is 244 g/mol. The number of hydrogen-bond acceptors (Lipinski definition) is 4. The molecule has 1 fully saturated rings. The zero-order valence-corrected chi connectivity index (χ0v) is 11.0. The van der Waals surface area contributed by atoms with Crippen LogP contribution in [0.5, 0.6) is 0 Å². The van der Waals surface area contributed by atoms with E-state index in [0.29, 0.717) is 19.8 Å². The molecular weight excluding hydrogens is 220 g/mol. The van der Waals surface area contributed by atoms with Gasteiger partial charge in [0, 0.05) is 19.3 Å². The molecule has 0 aliphatic carbocycles. The number of carbonyl (C=O) groups is 1. The van der Waals surface area contributed by atoms with Gasteiger partial charge >= 0.3 is 6.09 Å². The van der Waals surface area contributed by atoms with Crippen LogP contribution in [0.15, 0.2) is 0 Å². The topological polar surface area (TPSA) is 73.6 Å². The maximum Gasteiger partial charge on any atom is 0.407 e. The summed E-state index contributed by atoms with van der Waals surface area (Å²) in [5.41, 5.74) is 5.25. The third-order valence-corrected chi connectivity index (χ3v) is 2.78. The van der Waals surface area contributed by atoms with Gasteiger partial charge in [-0.25, -0.2) is 4.79 Å². The number of amides is 1. The summed E-state index contributed by atoms with van der Waals surface area (Å²) in [5, 5.41) is 2.90. The molecule has 100 valence electrons. The zero-order valence-electron chi connectivity index (χ0n) is 11.0. The molecule has 1 aliphatic heterocycles. The summed E-state index contributed by atoms with van der Waals surface area (Å²) >= 11 is 0. The van der Waals surface area contributed by atoms with Crippen LogP contribution in [0.1, 0.15) is 33.6 Å². The highest BCUT2D eigenvalue weighted by Gasteiger charge is 2.26. The Morgan fingerprint density at radius 2 is 2.06 bits per heavy atom. The van der Waals surface area contributed by atoms with Gasteiger partial charge in [0.05, 0.1) is 0 Å². The predicted molar refractivity (Wildman–Crippen MR) is 65.8 cm³/mol. The molecule has 0 aromatic rings. The fourth-order valence-corrected chi connectivity index (χ4v) is 1.92. The van der Waals surface area contributed by atoms with Crippen molar-refractivity contribution in [3.8, 4) is 0 Å². The van der Waals surface area contributed by atoms with E-state index >= 15 is 0 Å². The van der Waals surface area contributed by atoms with E-state index in [1.54, 1.807) is 0 Å². The van der Waals surface area contributed by atoms with Gasteiger partial charge in [-0.3, -0.25) is 0 Å². The Kier molecular flexibility index (Phi) is 5.21. The highest BCUT2D eigenvalue weighted by Crippen LogP contribution is 2.16. The van der Waals surface area contributed by atoms with Crippen LogP contribution in [0.4, 0.5) is 4.79 Å². The maximum absolute atomic E-state index is 11.7. The van der Waals surface area contributed by atoms with Crippen molar-refractivity contribution in [3.63, 3.8) is 0 Å². The molecule has 0 saturated carbocycles. The Balaban J connectivity index is 2.49. The average Bonchev–Trinajstić information content (AvgIpc) is 2.39. The second-order valence-electron chi connectivity index (χ2n) is 5.44. The molecule has 1 heterocycles. The molecule has 2 unspecified atom stereocenters. The minimum Gasteiger partial charge on any atom is -0.444 e. The van der Waals surface area contributed by atoms with Crippen molar-refractivity contribution in [1.82, 2.24) is 5.32 Å². The van der Waals surface area contributed by atoms with Crippen molar-refractivity contribution >= 4 is 6.09 Å². The highest BCUT2D eigenvalue weighted by atomic mass is 16.6. The first kappa shape index (κ1) is 14.3. The summed E-state index contributed by atoms with van der Waals surface area (Å²) in [4.78, 5) is 11.7. The normalized spacial score (nSPS) is 26.1. The summed E-state index contributed by atoms with van der Waals surface area (Å²) < 4.78 is 10.6. The van der Waals surface area contributed by atoms with E-state index in [9.17, 15) is 4.79 Å². The summed E-state index contributed by atoms with van der Waals surface area (Å²) in [5.74, 6) is 0.269. The highest BCUT2D eigenvalue weighted by molar-refractivity contribution is 5.68. The SMILES string of the molecule is CC(C)(C)OC(=O)NC1CCOCCC1CN. The van der Waals surface area contributed by atoms with E-state index in [4.69, 9.17) is 15.2 Å². The molecular formula is C12H24N2O3. The van der Waals surface area contributed by atoms with Crippen molar-refractivity contribution in [1.29, 1.82) is 0 Å². The van der Waals surface area contributed by atoms with Crippen molar-refractivity contribution < 1.29 is 14.3 Å². The third-order valence-electron chi connectivity index (χ3n) is 2.78. The fraction of sp³-hybridized carbons (Fsp3) is 0.917. The average molecular weight is 244 g/mol. The number of nitrogens with two attached hydrogens (primary N) is 1. The standard InChI is InChI=1S/C12H24N2O3/c1-12(2,3)17-11(15)14-10-5-7-16-6-4-9(10)8-13/h9-10H,4-8,13H2,1-3H3,(H,14,15). The minimum absolute atomic E-state index is 0.0531. The van der Waals surface area contributed by atoms with Crippen LogP contribution in [0.3, 0.4) is 0 Å². The number of carbonyl (C=O) groups excluding carboxylic acids is 1. The molecule has 1 saturated heterocycles. The van der Waals surface area contributed by atoms with Crippen LogP contribution in [0.2, 0.25) is 0 Å². The number of ether oxygens (including phenoxy) is 2. The lowest BCUT2D eigenvalue weighted by Gasteiger charge is -2.26. The Morgan fingerprint density at radius 1 is 1.41 bits per heavy atom. The van der Waals surface area contributed by atoms with Crippen molar-refractivity contribution in [2.45, 2.75) is 45.3 Å². The van der Waals surface area contributed by atoms with Gasteiger partial charge in [0.1, 0.15) is 5.60 Å². The lowest BCUT2D eigenvalue weighted by molar-refractivity contribution is 0.0483. The first-order chi connectivity index (χ1) is 7.92. The van der Waals surface area contributed by atoms with Crippen LogP contribution in [-0.2, 0) is 9.47 Å². The van der Waals surface area contributed by atoms with E-state index in [1.807, 2.05) is 20.8 Å². The first-order valence-corrected chi connectivity index (χ1v) is 6.19. The Labute approximate surface area is 103 Å². The Hall–Kier alpha value is -0.810. The quantitative estimate of drug-likeness (QED) is 0.767. The fourth-order valence-electron chi connectivity index (χ4n) is 1.92. The van der Waals surface area contributed by atoms with Crippen LogP contribution >= 0.6 is 0 Å². The van der Waals surface area contributed by atoms with Crippen LogP contribution in [0, 0.1) is 5.92 Å². The van der Waals surface area contributed by atoms with Gasteiger partial charge in [0.25, 0.3) is 0 Å². The predicted octanol–water partition coefficient (Wildman–Crippen LogP) is 1.26. The summed E-state index contributed by atoms with van der Waals surface area (Å²) in [6, 6.07) is 0.0531. The number of nitrogens with one attached hydrogen (secondary N) is 1. The Bertz CT molecular complexity index is 251. The number of rotatable bonds is 2. The minimum atomic E-state index is -0.469. The van der Waals surface area contributed by atoms with E-state index in [-0.39, 0.29) is 18.1 Å². The molecule has 0 aromatic carbocycles. The second kappa shape index (κ2) is 6.21. The summed E-state index contributed by atoms with van der Waals surface area (Å²) in [6.45, 7) is 7.49. The second-order valence-corrected chi connectivity index (χ2v) is 5.44. The Morgan fingerprint density at radius 3 is 2.65 bits per heavy atom. The van der Waals surface area contributed by atoms with Gasteiger partial charge < -0.3 is 20.5 Å². The van der Waals surface area contributed by atoms with Crippen LogP contribution in [-0.4, -0.2) is 37.5 Å². The third kappa shape index (κ3) is 5.37. The van der Waals surface area contributed by atoms with E-state index in [1.165, 1.54) is 0 Å². The van der Waals surface area contributed by atoms with E-state index in [0.717, 1.165) is 12.8 Å². The van der Waals surface area contributed by atoms with Gasteiger partial charge in [-0.15, -0.1) is 0 Å². The summed E-state index contributed by atoms with van der Waals surface area (Å²) in [7, 11) is 0. The lowest BCUT2D eigenvalue weighted by atomic mass is 9.95. The number of hydrogen-bond donors (Lipinski definition) is 2. The molecule has 0 radical (unpaired) electrons. The van der Waals surface area contributed by atoms with Crippen molar-refractivity contribution in [2.24, 2.45) is 11.7 Å². The number of alkyl carbamates (subject to hydrolysis) is 1. The molecule has 0 spiro atoms. The lowest BCUT2D eigenvalue weighted by Crippen LogP contribution is -2.45. The summed E-state index contributed by atoms with van der Waals surface area (Å²) in [6.07, 6.45) is 1.31. The van der Waals surface area contributed by atoms with E-state index < -0.39 is 5.60 Å². The van der Waals surface area contributed by atoms with Crippen molar-refractivity contribution in [2.75, 3.05) is 19.8 Å². The largest absolute Gasteiger partial charge is 0.444 e. The molecule has 0 aromatic heterocycles. The molecule has 0 bridgehead atoms. The smallest absolute Gasteiger partial charge is 0.407 e. The van der Waals surface area contributed by atoms with Gasteiger partial charge in [-0.2, -0.15) is 0 Å². The van der Waals surface area contributed by atoms with E-state index in [2.05, 4.69) is 5.32 Å². The molecule has 2 atom stereocenters. The van der Waals surface area contributed by atoms with Crippen LogP contribution in [0.25, 0.3) is 0 Å². The molecule has 1 aliphatic rings. The van der Waals surface area contributed by atoms with Gasteiger partial charge in [0.15, 0.2) is 0 Å². The molecule has 5 nitrogen and oxygen atoms in total. The molecule has 17 heavy (non-hydrogen) atoms. The molecule has 5 heteroatoms. The van der Waals surface area contributed by atoms with Gasteiger partial charge in [-0.1, -0.05) is 0 Å². The maximum atomic E-state index is 11.7. The van der Waals surface area contributed by atoms with Crippen molar-refractivity contribution in [3.05, 3.63) is 0 Å². The zero-order chi connectivity index (χ0) is 12.9. The molecule has 3 N–H and O–H groups in total. The van der Waals surface area contributed by atoms with Gasteiger partial charge in [-0.05, 0) is 46.1 Å². The molecule has 1 amide bonds. The molecule has 1 rings (SSSR count). The first-order valence-electron chi connectivity index (χ1n) is 6.19.